The molecule has 1 aromatic rings. The van der Waals surface area contributed by atoms with Gasteiger partial charge in [0.05, 0.1) is 15.9 Å². The summed E-state index contributed by atoms with van der Waals surface area (Å²) in [5.74, 6) is 0. The van der Waals surface area contributed by atoms with Crippen LogP contribution in [0.25, 0.3) is 0 Å². The summed E-state index contributed by atoms with van der Waals surface area (Å²) in [6, 6.07) is 3.70. The van der Waals surface area contributed by atoms with Crippen LogP contribution in [0.4, 0.5) is 11.4 Å². The molecular formula is C11H16N2O5S. The van der Waals surface area contributed by atoms with E-state index in [1.54, 1.807) is 6.92 Å². The Kier molecular flexibility index (Phi) is 4.84. The molecule has 1 atom stereocenters. The highest BCUT2D eigenvalue weighted by Crippen LogP contribution is 2.27. The summed E-state index contributed by atoms with van der Waals surface area (Å²) in [6.07, 6.45) is 0.916. The molecule has 0 aliphatic carbocycles. The van der Waals surface area contributed by atoms with Crippen LogP contribution in [0.15, 0.2) is 23.1 Å². The second-order valence-corrected chi connectivity index (χ2v) is 6.29. The van der Waals surface area contributed by atoms with E-state index in [1.807, 2.05) is 0 Å². The molecule has 1 unspecified atom stereocenters. The summed E-state index contributed by atoms with van der Waals surface area (Å²) in [6.45, 7) is 1.97. The quantitative estimate of drug-likeness (QED) is 0.601. The van der Waals surface area contributed by atoms with Crippen molar-refractivity contribution in [3.8, 4) is 0 Å². The van der Waals surface area contributed by atoms with Crippen LogP contribution in [0, 0.1) is 10.1 Å². The number of nitro benzene ring substituents is 1. The number of benzene rings is 1. The molecule has 1 aromatic carbocycles. The number of hydrogen-bond donors (Lipinski definition) is 2. The predicted octanol–water partition coefficient (Wildman–Crippen LogP) is 1.18. The summed E-state index contributed by atoms with van der Waals surface area (Å²) in [4.78, 5) is 10.2. The molecule has 106 valence electrons. The lowest BCUT2D eigenvalue weighted by molar-refractivity contribution is -0.384. The number of aliphatic hydroxyl groups excluding tert-OH is 1. The van der Waals surface area contributed by atoms with Gasteiger partial charge >= 0.3 is 0 Å². The summed E-state index contributed by atoms with van der Waals surface area (Å²) < 4.78 is 22.7. The van der Waals surface area contributed by atoms with Gasteiger partial charge in [0.2, 0.25) is 0 Å². The zero-order valence-corrected chi connectivity index (χ0v) is 11.5. The normalized spacial score (nSPS) is 13.0. The molecule has 1 rings (SSSR count). The maximum Gasteiger partial charge on any atom is 0.293 e. The topological polar surface area (TPSA) is 110 Å². The van der Waals surface area contributed by atoms with Gasteiger partial charge in [0.15, 0.2) is 9.84 Å². The van der Waals surface area contributed by atoms with Crippen LogP contribution in [0.3, 0.4) is 0 Å². The summed E-state index contributed by atoms with van der Waals surface area (Å²) in [5, 5.41) is 22.8. The van der Waals surface area contributed by atoms with E-state index in [2.05, 4.69) is 5.32 Å². The van der Waals surface area contributed by atoms with Gasteiger partial charge in [-0.05, 0) is 25.5 Å². The van der Waals surface area contributed by atoms with Crippen LogP contribution >= 0.6 is 0 Å². The van der Waals surface area contributed by atoms with Crippen LogP contribution in [0.2, 0.25) is 0 Å². The van der Waals surface area contributed by atoms with Gasteiger partial charge in [0.25, 0.3) is 5.69 Å². The molecule has 7 nitrogen and oxygen atoms in total. The van der Waals surface area contributed by atoms with E-state index in [4.69, 9.17) is 5.11 Å². The third kappa shape index (κ3) is 4.49. The first-order valence-corrected chi connectivity index (χ1v) is 7.51. The first kappa shape index (κ1) is 15.4. The van der Waals surface area contributed by atoms with E-state index in [0.717, 1.165) is 12.3 Å². The van der Waals surface area contributed by atoms with Gasteiger partial charge < -0.3 is 10.4 Å². The van der Waals surface area contributed by atoms with Crippen LogP contribution in [-0.4, -0.2) is 37.4 Å². The molecule has 0 aromatic heterocycles. The Balaban J connectivity index is 3.02. The maximum atomic E-state index is 11.3. The molecule has 0 heterocycles. The monoisotopic (exact) mass is 288 g/mol. The average Bonchev–Trinajstić information content (AvgIpc) is 2.27. The number of sulfone groups is 1. The second-order valence-electron chi connectivity index (χ2n) is 4.27. The van der Waals surface area contributed by atoms with E-state index in [1.165, 1.54) is 12.1 Å². The van der Waals surface area contributed by atoms with Crippen molar-refractivity contribution < 1.29 is 18.4 Å². The first-order chi connectivity index (χ1) is 8.71. The van der Waals surface area contributed by atoms with Crippen molar-refractivity contribution in [1.82, 2.24) is 0 Å². The van der Waals surface area contributed by atoms with Gasteiger partial charge in [0.1, 0.15) is 5.69 Å². The lowest BCUT2D eigenvalue weighted by atomic mass is 10.2. The van der Waals surface area contributed by atoms with Crippen LogP contribution < -0.4 is 5.32 Å². The third-order valence-electron chi connectivity index (χ3n) is 2.47. The fraction of sp³-hybridized carbons (Fsp3) is 0.455. The standard InChI is InChI=1S/C11H16N2O5S/c1-8(14)5-6-12-10-4-3-9(19(2,17)18)7-11(10)13(15)16/h3-4,7-8,12,14H,5-6H2,1-2H3. The molecular weight excluding hydrogens is 272 g/mol. The number of anilines is 1. The zero-order chi connectivity index (χ0) is 14.6. The smallest absolute Gasteiger partial charge is 0.293 e. The number of rotatable bonds is 6. The Bertz CT molecular complexity index is 568. The SMILES string of the molecule is CC(O)CCNc1ccc(S(C)(=O)=O)cc1[N+](=O)[O-]. The second kappa shape index (κ2) is 5.98. The van der Waals surface area contributed by atoms with Gasteiger partial charge in [-0.15, -0.1) is 0 Å². The number of nitrogens with one attached hydrogen (secondary N) is 1. The summed E-state index contributed by atoms with van der Waals surface area (Å²) >= 11 is 0. The van der Waals surface area contributed by atoms with Crippen molar-refractivity contribution in [2.75, 3.05) is 18.1 Å². The lowest BCUT2D eigenvalue weighted by Crippen LogP contribution is -2.11. The van der Waals surface area contributed by atoms with Gasteiger partial charge in [-0.1, -0.05) is 0 Å². The molecule has 0 saturated carbocycles. The minimum absolute atomic E-state index is 0.0970. The highest BCUT2D eigenvalue weighted by Gasteiger charge is 2.18. The minimum atomic E-state index is -3.48. The molecule has 0 fully saturated rings. The summed E-state index contributed by atoms with van der Waals surface area (Å²) in [5.41, 5.74) is -0.0634. The zero-order valence-electron chi connectivity index (χ0n) is 10.7. The lowest BCUT2D eigenvalue weighted by Gasteiger charge is -2.09. The van der Waals surface area contributed by atoms with Gasteiger partial charge in [-0.3, -0.25) is 10.1 Å². The Morgan fingerprint density at radius 3 is 2.58 bits per heavy atom. The molecule has 0 aliphatic heterocycles. The van der Waals surface area contributed by atoms with Gasteiger partial charge in [0, 0.05) is 18.9 Å². The van der Waals surface area contributed by atoms with Crippen molar-refractivity contribution in [3.63, 3.8) is 0 Å². The van der Waals surface area contributed by atoms with E-state index in [-0.39, 0.29) is 16.3 Å². The predicted molar refractivity (Wildman–Crippen MR) is 71.0 cm³/mol. The maximum absolute atomic E-state index is 11.3. The fourth-order valence-electron chi connectivity index (χ4n) is 1.46. The number of aliphatic hydroxyl groups is 1. The van der Waals surface area contributed by atoms with Gasteiger partial charge in [-0.2, -0.15) is 0 Å². The number of hydrogen-bond acceptors (Lipinski definition) is 6. The number of nitro groups is 1. The van der Waals surface area contributed by atoms with Crippen LogP contribution in [0.1, 0.15) is 13.3 Å². The van der Waals surface area contributed by atoms with Crippen LogP contribution in [-0.2, 0) is 9.84 Å². The largest absolute Gasteiger partial charge is 0.393 e. The molecule has 0 bridgehead atoms. The van der Waals surface area contributed by atoms with Gasteiger partial charge in [-0.25, -0.2) is 8.42 Å². The fourth-order valence-corrected chi connectivity index (χ4v) is 2.10. The molecule has 19 heavy (non-hydrogen) atoms. The van der Waals surface area contributed by atoms with Crippen molar-refractivity contribution in [2.45, 2.75) is 24.3 Å². The van der Waals surface area contributed by atoms with Crippen molar-refractivity contribution in [3.05, 3.63) is 28.3 Å². The average molecular weight is 288 g/mol. The van der Waals surface area contributed by atoms with E-state index in [9.17, 15) is 18.5 Å². The molecule has 8 heteroatoms. The Labute approximate surface area is 111 Å². The van der Waals surface area contributed by atoms with Crippen molar-refractivity contribution in [1.29, 1.82) is 0 Å². The van der Waals surface area contributed by atoms with E-state index >= 15 is 0 Å². The first-order valence-electron chi connectivity index (χ1n) is 5.62. The van der Waals surface area contributed by atoms with Crippen molar-refractivity contribution in [2.24, 2.45) is 0 Å². The molecule has 2 N–H and O–H groups in total. The Hall–Kier alpha value is -1.67. The Morgan fingerprint density at radius 2 is 2.11 bits per heavy atom. The molecule has 0 amide bonds. The minimum Gasteiger partial charge on any atom is -0.393 e. The molecule has 0 radical (unpaired) electrons. The van der Waals surface area contributed by atoms with E-state index < -0.39 is 20.9 Å². The molecule has 0 aliphatic rings. The third-order valence-corrected chi connectivity index (χ3v) is 3.58. The Morgan fingerprint density at radius 1 is 1.47 bits per heavy atom. The number of nitrogens with zero attached hydrogens (tertiary/aromatic N) is 1. The summed E-state index contributed by atoms with van der Waals surface area (Å²) in [7, 11) is -3.48. The highest BCUT2D eigenvalue weighted by molar-refractivity contribution is 7.90. The van der Waals surface area contributed by atoms with E-state index in [0.29, 0.717) is 13.0 Å². The highest BCUT2D eigenvalue weighted by atomic mass is 32.2. The molecule has 0 spiro atoms. The molecule has 0 saturated heterocycles. The van der Waals surface area contributed by atoms with Crippen molar-refractivity contribution >= 4 is 21.2 Å². The van der Waals surface area contributed by atoms with Crippen LogP contribution in [0.5, 0.6) is 0 Å².